The van der Waals surface area contributed by atoms with Crippen LogP contribution in [0.25, 0.3) is 11.1 Å². The van der Waals surface area contributed by atoms with Gasteiger partial charge in [0.2, 0.25) is 0 Å². The minimum absolute atomic E-state index is 0.0629. The van der Waals surface area contributed by atoms with Crippen LogP contribution in [0.1, 0.15) is 26.7 Å². The Hall–Kier alpha value is -2.15. The molecule has 0 unspecified atom stereocenters. The number of benzene rings is 1. The number of nitro benzene ring substituents is 1. The van der Waals surface area contributed by atoms with Gasteiger partial charge in [0.1, 0.15) is 0 Å². The monoisotopic (exact) mass is 293 g/mol. The second kappa shape index (κ2) is 6.09. The fraction of sp³-hybridized carbons (Fsp3) is 0.500. The molecule has 7 heteroatoms. The number of aromatic nitrogens is 1. The number of hydrogen-bond acceptors (Lipinski definition) is 6. The fourth-order valence-electron chi connectivity index (χ4n) is 2.20. The average molecular weight is 293 g/mol. The Balaban J connectivity index is 2.24. The number of para-hydroxylation sites is 1. The number of rotatable bonds is 7. The molecule has 0 aliphatic heterocycles. The number of fused-ring (bicyclic) bond motifs is 1. The normalized spacial score (nSPS) is 11.8. The third-order valence-electron chi connectivity index (χ3n) is 4.04. The first kappa shape index (κ1) is 15.2. The maximum Gasteiger partial charge on any atom is 0.298 e. The van der Waals surface area contributed by atoms with E-state index in [4.69, 9.17) is 4.42 Å². The average Bonchev–Trinajstić information content (AvgIpc) is 2.91. The SMILES string of the molecule is CCC(CC)(CO)CNc1nc2c([N+](=O)[O-])cccc2o1. The lowest BCUT2D eigenvalue weighted by Gasteiger charge is -2.29. The Bertz CT molecular complexity index is 626. The molecule has 2 aromatic rings. The van der Waals surface area contributed by atoms with Crippen molar-refractivity contribution >= 4 is 22.8 Å². The molecule has 0 fully saturated rings. The molecule has 114 valence electrons. The van der Waals surface area contributed by atoms with Crippen LogP contribution in [0.4, 0.5) is 11.7 Å². The van der Waals surface area contributed by atoms with Crippen LogP contribution in [0.15, 0.2) is 22.6 Å². The largest absolute Gasteiger partial charge is 0.423 e. The van der Waals surface area contributed by atoms with Gasteiger partial charge in [0.15, 0.2) is 11.1 Å². The summed E-state index contributed by atoms with van der Waals surface area (Å²) in [6, 6.07) is 4.83. The van der Waals surface area contributed by atoms with Crippen LogP contribution in [0.3, 0.4) is 0 Å². The Morgan fingerprint density at radius 1 is 1.43 bits per heavy atom. The zero-order chi connectivity index (χ0) is 15.5. The van der Waals surface area contributed by atoms with E-state index < -0.39 is 4.92 Å². The van der Waals surface area contributed by atoms with Crippen molar-refractivity contribution in [2.24, 2.45) is 5.41 Å². The highest BCUT2D eigenvalue weighted by Crippen LogP contribution is 2.29. The molecule has 2 rings (SSSR count). The Kier molecular flexibility index (Phi) is 4.42. The van der Waals surface area contributed by atoms with E-state index in [9.17, 15) is 15.2 Å². The number of aliphatic hydroxyl groups excluding tert-OH is 1. The molecular weight excluding hydrogens is 274 g/mol. The Morgan fingerprint density at radius 2 is 2.14 bits per heavy atom. The smallest absolute Gasteiger partial charge is 0.298 e. The number of nitrogens with one attached hydrogen (secondary N) is 1. The topological polar surface area (TPSA) is 101 Å². The first-order valence-electron chi connectivity index (χ1n) is 6.94. The summed E-state index contributed by atoms with van der Waals surface area (Å²) >= 11 is 0. The molecular formula is C14H19N3O4. The lowest BCUT2D eigenvalue weighted by Crippen LogP contribution is -2.32. The minimum Gasteiger partial charge on any atom is -0.423 e. The molecule has 1 heterocycles. The second-order valence-corrected chi connectivity index (χ2v) is 5.12. The highest BCUT2D eigenvalue weighted by atomic mass is 16.6. The molecule has 0 bridgehead atoms. The van der Waals surface area contributed by atoms with E-state index in [1.807, 2.05) is 13.8 Å². The zero-order valence-corrected chi connectivity index (χ0v) is 12.1. The summed E-state index contributed by atoms with van der Waals surface area (Å²) in [6.07, 6.45) is 1.63. The van der Waals surface area contributed by atoms with Gasteiger partial charge in [0, 0.05) is 18.0 Å². The maximum atomic E-state index is 11.0. The van der Waals surface area contributed by atoms with Gasteiger partial charge in [-0.05, 0) is 18.9 Å². The van der Waals surface area contributed by atoms with E-state index in [0.29, 0.717) is 12.1 Å². The molecule has 0 spiro atoms. The molecule has 0 saturated carbocycles. The van der Waals surface area contributed by atoms with Crippen LogP contribution in [0, 0.1) is 15.5 Å². The molecule has 0 aliphatic rings. The molecule has 0 atom stereocenters. The number of oxazole rings is 1. The summed E-state index contributed by atoms with van der Waals surface area (Å²) < 4.78 is 5.48. The number of nitro groups is 1. The van der Waals surface area contributed by atoms with E-state index in [0.717, 1.165) is 12.8 Å². The quantitative estimate of drug-likeness (QED) is 0.601. The lowest BCUT2D eigenvalue weighted by molar-refractivity contribution is -0.383. The van der Waals surface area contributed by atoms with Gasteiger partial charge in [-0.15, -0.1) is 0 Å². The summed E-state index contributed by atoms with van der Waals surface area (Å²) in [5.41, 5.74) is 0.276. The molecule has 0 aliphatic carbocycles. The number of anilines is 1. The molecule has 0 radical (unpaired) electrons. The molecule has 2 N–H and O–H groups in total. The van der Waals surface area contributed by atoms with Gasteiger partial charge in [0.05, 0.1) is 11.5 Å². The van der Waals surface area contributed by atoms with Crippen molar-refractivity contribution in [1.82, 2.24) is 4.98 Å². The highest BCUT2D eigenvalue weighted by Gasteiger charge is 2.26. The molecule has 1 aromatic carbocycles. The van der Waals surface area contributed by atoms with Gasteiger partial charge in [-0.1, -0.05) is 19.9 Å². The van der Waals surface area contributed by atoms with Crippen molar-refractivity contribution in [3.8, 4) is 0 Å². The van der Waals surface area contributed by atoms with Crippen LogP contribution < -0.4 is 5.32 Å². The summed E-state index contributed by atoms with van der Waals surface area (Å²) in [4.78, 5) is 14.6. The molecule has 0 saturated heterocycles. The van der Waals surface area contributed by atoms with E-state index in [1.54, 1.807) is 12.1 Å². The Labute approximate surface area is 122 Å². The molecule has 1 aromatic heterocycles. The number of aliphatic hydroxyl groups is 1. The molecule has 21 heavy (non-hydrogen) atoms. The fourth-order valence-corrected chi connectivity index (χ4v) is 2.20. The first-order chi connectivity index (χ1) is 10.0. The van der Waals surface area contributed by atoms with Gasteiger partial charge >= 0.3 is 0 Å². The summed E-state index contributed by atoms with van der Waals surface area (Å²) in [7, 11) is 0. The third-order valence-corrected chi connectivity index (χ3v) is 4.04. The van der Waals surface area contributed by atoms with Gasteiger partial charge < -0.3 is 14.8 Å². The number of nitrogens with zero attached hydrogens (tertiary/aromatic N) is 2. The number of hydrogen-bond donors (Lipinski definition) is 2. The second-order valence-electron chi connectivity index (χ2n) is 5.12. The van der Waals surface area contributed by atoms with Crippen molar-refractivity contribution in [2.75, 3.05) is 18.5 Å². The zero-order valence-electron chi connectivity index (χ0n) is 12.1. The van der Waals surface area contributed by atoms with Crippen LogP contribution in [0.5, 0.6) is 0 Å². The summed E-state index contributed by atoms with van der Waals surface area (Å²) in [5.74, 6) is 0. The standard InChI is InChI=1S/C14H19N3O4/c1-3-14(4-2,9-18)8-15-13-16-12-10(17(19)20)6-5-7-11(12)21-13/h5-7,18H,3-4,8-9H2,1-2H3,(H,15,16). The van der Waals surface area contributed by atoms with Gasteiger partial charge in [-0.2, -0.15) is 4.98 Å². The van der Waals surface area contributed by atoms with Crippen LogP contribution in [-0.4, -0.2) is 28.2 Å². The molecule has 7 nitrogen and oxygen atoms in total. The molecule has 0 amide bonds. The van der Waals surface area contributed by atoms with Crippen molar-refractivity contribution < 1.29 is 14.4 Å². The van der Waals surface area contributed by atoms with Crippen molar-refractivity contribution in [3.63, 3.8) is 0 Å². The van der Waals surface area contributed by atoms with Gasteiger partial charge in [-0.3, -0.25) is 10.1 Å². The van der Waals surface area contributed by atoms with Crippen LogP contribution in [0.2, 0.25) is 0 Å². The summed E-state index contributed by atoms with van der Waals surface area (Å²) in [6.45, 7) is 4.58. The predicted octanol–water partition coefficient (Wildman–Crippen LogP) is 2.95. The first-order valence-corrected chi connectivity index (χ1v) is 6.94. The predicted molar refractivity (Wildman–Crippen MR) is 79.3 cm³/mol. The van der Waals surface area contributed by atoms with E-state index in [1.165, 1.54) is 6.07 Å². The van der Waals surface area contributed by atoms with E-state index in [-0.39, 0.29) is 29.2 Å². The summed E-state index contributed by atoms with van der Waals surface area (Å²) in [5, 5.41) is 23.5. The lowest BCUT2D eigenvalue weighted by atomic mass is 9.83. The van der Waals surface area contributed by atoms with Gasteiger partial charge in [0.25, 0.3) is 11.7 Å². The van der Waals surface area contributed by atoms with Gasteiger partial charge in [-0.25, -0.2) is 0 Å². The third kappa shape index (κ3) is 2.97. The Morgan fingerprint density at radius 3 is 2.71 bits per heavy atom. The highest BCUT2D eigenvalue weighted by molar-refractivity contribution is 5.83. The van der Waals surface area contributed by atoms with E-state index >= 15 is 0 Å². The number of non-ortho nitro benzene ring substituents is 1. The maximum absolute atomic E-state index is 11.0. The van der Waals surface area contributed by atoms with Crippen molar-refractivity contribution in [1.29, 1.82) is 0 Å². The van der Waals surface area contributed by atoms with Crippen LogP contribution in [-0.2, 0) is 0 Å². The minimum atomic E-state index is -0.481. The van der Waals surface area contributed by atoms with Crippen molar-refractivity contribution in [2.45, 2.75) is 26.7 Å². The van der Waals surface area contributed by atoms with Crippen molar-refractivity contribution in [3.05, 3.63) is 28.3 Å². The van der Waals surface area contributed by atoms with Crippen LogP contribution >= 0.6 is 0 Å². The van der Waals surface area contributed by atoms with E-state index in [2.05, 4.69) is 10.3 Å².